The van der Waals surface area contributed by atoms with Gasteiger partial charge in [0.15, 0.2) is 0 Å². The Labute approximate surface area is 159 Å². The van der Waals surface area contributed by atoms with Gasteiger partial charge in [0, 0.05) is 12.6 Å². The van der Waals surface area contributed by atoms with Crippen molar-refractivity contribution in [2.24, 2.45) is 0 Å². The van der Waals surface area contributed by atoms with E-state index in [1.807, 2.05) is 29.2 Å². The van der Waals surface area contributed by atoms with E-state index in [4.69, 9.17) is 0 Å². The maximum Gasteiger partial charge on any atom is 0.325 e. The van der Waals surface area contributed by atoms with Gasteiger partial charge < -0.3 is 10.2 Å². The van der Waals surface area contributed by atoms with E-state index in [0.29, 0.717) is 6.42 Å². The second-order valence-corrected chi connectivity index (χ2v) is 7.88. The fourth-order valence-electron chi connectivity index (χ4n) is 4.93. The highest BCUT2D eigenvalue weighted by molar-refractivity contribution is 6.09. The number of likely N-dealkylation sites (tertiary alicyclic amines) is 1. The Kier molecular flexibility index (Phi) is 4.66. The van der Waals surface area contributed by atoms with E-state index in [9.17, 15) is 14.4 Å². The third-order valence-corrected chi connectivity index (χ3v) is 6.36. The molecular formula is C21H27N3O3. The minimum Gasteiger partial charge on any atom is -0.338 e. The summed E-state index contributed by atoms with van der Waals surface area (Å²) in [5.41, 5.74) is 0.986. The van der Waals surface area contributed by atoms with E-state index in [-0.39, 0.29) is 24.4 Å². The standard InChI is InChI=1S/C21H27N3O3/c1-2-16-10-5-6-13-23(16)18(25)14-24-19(26)21(22-20(24)27)12-7-9-15-8-3-4-11-17(15)21/h3-4,8,11,16H,2,5-7,9-10,12-14H2,1H3,(H,22,27)/t16-,21-/m0/s1. The zero-order valence-corrected chi connectivity index (χ0v) is 15.9. The predicted octanol–water partition coefficient (Wildman–Crippen LogP) is 2.56. The molecule has 27 heavy (non-hydrogen) atoms. The first-order valence-electron chi connectivity index (χ1n) is 10.1. The third-order valence-electron chi connectivity index (χ3n) is 6.36. The van der Waals surface area contributed by atoms with Gasteiger partial charge >= 0.3 is 6.03 Å². The number of amides is 4. The van der Waals surface area contributed by atoms with Gasteiger partial charge in [-0.3, -0.25) is 14.5 Å². The van der Waals surface area contributed by atoms with Gasteiger partial charge in [-0.15, -0.1) is 0 Å². The number of imide groups is 1. The SMILES string of the molecule is CC[C@H]1CCCCN1C(=O)CN1C(=O)N[C@]2(CCCc3ccccc32)C1=O. The summed E-state index contributed by atoms with van der Waals surface area (Å²) in [6.07, 6.45) is 6.36. The van der Waals surface area contributed by atoms with E-state index < -0.39 is 11.6 Å². The second kappa shape index (κ2) is 6.98. The van der Waals surface area contributed by atoms with Crippen molar-refractivity contribution in [1.82, 2.24) is 15.1 Å². The molecule has 3 aliphatic rings. The molecule has 1 aromatic rings. The van der Waals surface area contributed by atoms with Crippen LogP contribution >= 0.6 is 0 Å². The number of fused-ring (bicyclic) bond motifs is 2. The predicted molar refractivity (Wildman–Crippen MR) is 101 cm³/mol. The van der Waals surface area contributed by atoms with E-state index in [1.54, 1.807) is 0 Å². The van der Waals surface area contributed by atoms with Crippen LogP contribution in [-0.2, 0) is 21.5 Å². The molecule has 1 aromatic carbocycles. The Morgan fingerprint density at radius 1 is 1.22 bits per heavy atom. The molecule has 0 unspecified atom stereocenters. The molecule has 1 spiro atoms. The van der Waals surface area contributed by atoms with Crippen LogP contribution in [0.3, 0.4) is 0 Å². The monoisotopic (exact) mass is 369 g/mol. The van der Waals surface area contributed by atoms with Crippen molar-refractivity contribution in [2.75, 3.05) is 13.1 Å². The minimum atomic E-state index is -1.00. The summed E-state index contributed by atoms with van der Waals surface area (Å²) in [4.78, 5) is 41.8. The van der Waals surface area contributed by atoms with Crippen LogP contribution in [-0.4, -0.2) is 46.8 Å². The first-order valence-corrected chi connectivity index (χ1v) is 10.1. The van der Waals surface area contributed by atoms with Crippen LogP contribution in [0.25, 0.3) is 0 Å². The molecule has 6 heteroatoms. The van der Waals surface area contributed by atoms with Crippen molar-refractivity contribution >= 4 is 17.8 Å². The van der Waals surface area contributed by atoms with Crippen molar-refractivity contribution < 1.29 is 14.4 Å². The molecule has 1 N–H and O–H groups in total. The number of benzene rings is 1. The molecule has 2 aliphatic heterocycles. The highest BCUT2D eigenvalue weighted by atomic mass is 16.2. The summed E-state index contributed by atoms with van der Waals surface area (Å²) in [5.74, 6) is -0.399. The number of piperidine rings is 1. The molecule has 2 heterocycles. The van der Waals surface area contributed by atoms with Crippen LogP contribution in [0.2, 0.25) is 0 Å². The molecule has 0 aromatic heterocycles. The highest BCUT2D eigenvalue weighted by Crippen LogP contribution is 2.39. The average molecular weight is 369 g/mol. The maximum absolute atomic E-state index is 13.3. The van der Waals surface area contributed by atoms with Gasteiger partial charge in [0.1, 0.15) is 12.1 Å². The number of nitrogens with one attached hydrogen (secondary N) is 1. The van der Waals surface area contributed by atoms with Gasteiger partial charge in [0.2, 0.25) is 5.91 Å². The van der Waals surface area contributed by atoms with Gasteiger partial charge in [-0.25, -0.2) is 4.79 Å². The zero-order chi connectivity index (χ0) is 19.0. The van der Waals surface area contributed by atoms with Gasteiger partial charge in [0.25, 0.3) is 5.91 Å². The Morgan fingerprint density at radius 2 is 2.04 bits per heavy atom. The normalized spacial score (nSPS) is 27.7. The number of hydrogen-bond acceptors (Lipinski definition) is 3. The van der Waals surface area contributed by atoms with Crippen molar-refractivity contribution in [1.29, 1.82) is 0 Å². The Morgan fingerprint density at radius 3 is 2.85 bits per heavy atom. The number of carbonyl (C=O) groups is 3. The number of rotatable bonds is 3. The lowest BCUT2D eigenvalue weighted by Gasteiger charge is -2.36. The van der Waals surface area contributed by atoms with Crippen molar-refractivity contribution in [3.05, 3.63) is 35.4 Å². The summed E-state index contributed by atoms with van der Waals surface area (Å²) >= 11 is 0. The first-order chi connectivity index (χ1) is 13.1. The highest BCUT2D eigenvalue weighted by Gasteiger charge is 2.54. The fraction of sp³-hybridized carbons (Fsp3) is 0.571. The van der Waals surface area contributed by atoms with Crippen LogP contribution in [0.5, 0.6) is 0 Å². The number of carbonyl (C=O) groups excluding carboxylic acids is 3. The lowest BCUT2D eigenvalue weighted by molar-refractivity contribution is -0.141. The van der Waals surface area contributed by atoms with Gasteiger partial charge in [0.05, 0.1) is 0 Å². The number of hydrogen-bond donors (Lipinski definition) is 1. The molecular weight excluding hydrogens is 342 g/mol. The molecule has 4 rings (SSSR count). The van der Waals surface area contributed by atoms with Crippen molar-refractivity contribution in [2.45, 2.75) is 63.5 Å². The molecule has 6 nitrogen and oxygen atoms in total. The van der Waals surface area contributed by atoms with E-state index in [2.05, 4.69) is 12.2 Å². The summed E-state index contributed by atoms with van der Waals surface area (Å²) in [7, 11) is 0. The van der Waals surface area contributed by atoms with E-state index in [0.717, 1.165) is 61.1 Å². The summed E-state index contributed by atoms with van der Waals surface area (Å²) in [6.45, 7) is 2.64. The summed E-state index contributed by atoms with van der Waals surface area (Å²) in [5, 5.41) is 2.93. The molecule has 2 atom stereocenters. The molecule has 4 amide bonds. The Hall–Kier alpha value is -2.37. The number of urea groups is 1. The number of aryl methyl sites for hydroxylation is 1. The smallest absolute Gasteiger partial charge is 0.325 e. The van der Waals surface area contributed by atoms with Crippen LogP contribution < -0.4 is 5.32 Å². The topological polar surface area (TPSA) is 69.7 Å². The summed E-state index contributed by atoms with van der Waals surface area (Å²) < 4.78 is 0. The molecule has 2 saturated heterocycles. The molecule has 0 saturated carbocycles. The van der Waals surface area contributed by atoms with Crippen molar-refractivity contribution in [3.63, 3.8) is 0 Å². The van der Waals surface area contributed by atoms with Gasteiger partial charge in [-0.1, -0.05) is 31.2 Å². The average Bonchev–Trinajstić information content (AvgIpc) is 2.93. The lowest BCUT2D eigenvalue weighted by atomic mass is 9.76. The largest absolute Gasteiger partial charge is 0.338 e. The molecule has 0 bridgehead atoms. The molecule has 144 valence electrons. The first kappa shape index (κ1) is 18.0. The van der Waals surface area contributed by atoms with Crippen LogP contribution in [0.1, 0.15) is 56.6 Å². The van der Waals surface area contributed by atoms with E-state index in [1.165, 1.54) is 0 Å². The van der Waals surface area contributed by atoms with Gasteiger partial charge in [-0.05, 0) is 56.1 Å². The molecule has 2 fully saturated rings. The Balaban J connectivity index is 1.57. The lowest BCUT2D eigenvalue weighted by Crippen LogP contribution is -2.50. The maximum atomic E-state index is 13.3. The number of nitrogens with zero attached hydrogens (tertiary/aromatic N) is 2. The van der Waals surface area contributed by atoms with Crippen LogP contribution in [0, 0.1) is 0 Å². The fourth-order valence-corrected chi connectivity index (χ4v) is 4.93. The molecule has 0 radical (unpaired) electrons. The quantitative estimate of drug-likeness (QED) is 0.833. The minimum absolute atomic E-state index is 0.119. The third kappa shape index (κ3) is 2.91. The van der Waals surface area contributed by atoms with Gasteiger partial charge in [-0.2, -0.15) is 0 Å². The zero-order valence-electron chi connectivity index (χ0n) is 15.9. The van der Waals surface area contributed by atoms with Crippen molar-refractivity contribution in [3.8, 4) is 0 Å². The Bertz CT molecular complexity index is 778. The second-order valence-electron chi connectivity index (χ2n) is 7.88. The van der Waals surface area contributed by atoms with Crippen LogP contribution in [0.4, 0.5) is 4.79 Å². The molecule has 1 aliphatic carbocycles. The van der Waals surface area contributed by atoms with E-state index >= 15 is 0 Å². The summed E-state index contributed by atoms with van der Waals surface area (Å²) in [6, 6.07) is 7.57. The van der Waals surface area contributed by atoms with Crippen LogP contribution in [0.15, 0.2) is 24.3 Å².